The number of amides is 1. The summed E-state index contributed by atoms with van der Waals surface area (Å²) in [4.78, 5) is 16.5. The lowest BCUT2D eigenvalue weighted by Crippen LogP contribution is -2.30. The second kappa shape index (κ2) is 10.8. The standard InChI is InChI=1S/C21H19F3N4O2S.ClH/c22-13-2-1-3-14(23)18(13)19-15(24)4-5-16(27-19)20(29)28-17-10-26-31-21(17)30-11-12-6-8-25-9-7-12;/h1-5,10,12,25H,6-9,11H2,(H,28,29);1H. The molecule has 0 bridgehead atoms. The van der Waals surface area contributed by atoms with Gasteiger partial charge in [-0.1, -0.05) is 6.07 Å². The van der Waals surface area contributed by atoms with Crippen LogP contribution in [0.2, 0.25) is 0 Å². The number of hydrogen-bond acceptors (Lipinski definition) is 6. The minimum absolute atomic E-state index is 0. The molecule has 4 rings (SSSR count). The SMILES string of the molecule is Cl.O=C(Nc1cnsc1OCC1CCNCC1)c1ccc(F)c(-c2c(F)cccc2F)n1. The third kappa shape index (κ3) is 5.37. The van der Waals surface area contributed by atoms with E-state index < -0.39 is 34.6 Å². The molecule has 0 spiro atoms. The predicted molar refractivity (Wildman–Crippen MR) is 118 cm³/mol. The average molecular weight is 485 g/mol. The van der Waals surface area contributed by atoms with Crippen LogP contribution in [0.1, 0.15) is 23.3 Å². The highest BCUT2D eigenvalue weighted by Crippen LogP contribution is 2.31. The Balaban J connectivity index is 0.00000289. The van der Waals surface area contributed by atoms with Crippen LogP contribution in [0, 0.1) is 23.4 Å². The highest BCUT2D eigenvalue weighted by molar-refractivity contribution is 7.08. The van der Waals surface area contributed by atoms with Crippen LogP contribution >= 0.6 is 23.9 Å². The zero-order valence-electron chi connectivity index (χ0n) is 16.7. The molecule has 0 radical (unpaired) electrons. The highest BCUT2D eigenvalue weighted by Gasteiger charge is 2.21. The van der Waals surface area contributed by atoms with Gasteiger partial charge >= 0.3 is 0 Å². The van der Waals surface area contributed by atoms with E-state index in [0.717, 1.165) is 67.8 Å². The number of pyridine rings is 1. The maximum Gasteiger partial charge on any atom is 0.274 e. The van der Waals surface area contributed by atoms with Gasteiger partial charge in [0.25, 0.3) is 5.91 Å². The van der Waals surface area contributed by atoms with Gasteiger partial charge in [0.15, 0.2) is 0 Å². The fraction of sp³-hybridized carbons (Fsp3) is 0.286. The van der Waals surface area contributed by atoms with Crippen LogP contribution in [0.15, 0.2) is 36.5 Å². The van der Waals surface area contributed by atoms with E-state index in [9.17, 15) is 18.0 Å². The lowest BCUT2D eigenvalue weighted by atomic mass is 9.99. The van der Waals surface area contributed by atoms with Crippen LogP contribution in [0.3, 0.4) is 0 Å². The molecular formula is C21H20ClF3N4O2S. The number of halogens is 4. The third-order valence-corrected chi connectivity index (χ3v) is 5.69. The van der Waals surface area contributed by atoms with E-state index in [2.05, 4.69) is 20.0 Å². The molecule has 32 heavy (non-hydrogen) atoms. The van der Waals surface area contributed by atoms with Crippen molar-refractivity contribution in [1.29, 1.82) is 0 Å². The molecule has 0 unspecified atom stereocenters. The monoisotopic (exact) mass is 484 g/mol. The lowest BCUT2D eigenvalue weighted by molar-refractivity contribution is 0.102. The van der Waals surface area contributed by atoms with Gasteiger partial charge in [-0.3, -0.25) is 4.79 Å². The molecule has 11 heteroatoms. The van der Waals surface area contributed by atoms with Gasteiger partial charge in [-0.15, -0.1) is 12.4 Å². The van der Waals surface area contributed by atoms with Gasteiger partial charge in [0.05, 0.1) is 18.4 Å². The summed E-state index contributed by atoms with van der Waals surface area (Å²) in [5, 5.41) is 6.36. The first-order valence-corrected chi connectivity index (χ1v) is 10.5. The molecule has 170 valence electrons. The number of rotatable bonds is 6. The van der Waals surface area contributed by atoms with Gasteiger partial charge < -0.3 is 15.4 Å². The fourth-order valence-corrected chi connectivity index (χ4v) is 3.89. The smallest absolute Gasteiger partial charge is 0.274 e. The summed E-state index contributed by atoms with van der Waals surface area (Å²) in [5.41, 5.74) is -1.05. The Morgan fingerprint density at radius 1 is 1.12 bits per heavy atom. The van der Waals surface area contributed by atoms with Gasteiger partial charge in [0, 0.05) is 11.5 Å². The number of piperidine rings is 1. The van der Waals surface area contributed by atoms with Crippen molar-refractivity contribution in [3.8, 4) is 16.3 Å². The molecule has 1 aromatic carbocycles. The second-order valence-electron chi connectivity index (χ2n) is 7.11. The van der Waals surface area contributed by atoms with Crippen molar-refractivity contribution in [1.82, 2.24) is 14.7 Å². The first kappa shape index (κ1) is 24.0. The van der Waals surface area contributed by atoms with Crippen molar-refractivity contribution >= 4 is 35.5 Å². The molecule has 1 aliphatic heterocycles. The molecule has 0 atom stereocenters. The number of anilines is 1. The Morgan fingerprint density at radius 2 is 1.84 bits per heavy atom. The molecule has 1 saturated heterocycles. The van der Waals surface area contributed by atoms with Gasteiger partial charge in [0.2, 0.25) is 5.06 Å². The number of carbonyl (C=O) groups excluding carboxylic acids is 1. The van der Waals surface area contributed by atoms with E-state index in [0.29, 0.717) is 23.3 Å². The van der Waals surface area contributed by atoms with Crippen molar-refractivity contribution in [2.45, 2.75) is 12.8 Å². The van der Waals surface area contributed by atoms with Crippen LogP contribution in [0.5, 0.6) is 5.06 Å². The van der Waals surface area contributed by atoms with E-state index >= 15 is 0 Å². The van der Waals surface area contributed by atoms with Crippen LogP contribution in [0.25, 0.3) is 11.3 Å². The summed E-state index contributed by atoms with van der Waals surface area (Å²) in [5.74, 6) is -3.14. The van der Waals surface area contributed by atoms with Gasteiger partial charge in [-0.25, -0.2) is 18.2 Å². The molecule has 1 aliphatic rings. The summed E-state index contributed by atoms with van der Waals surface area (Å²) in [6.07, 6.45) is 3.46. The molecule has 3 aromatic rings. The first-order chi connectivity index (χ1) is 15.0. The summed E-state index contributed by atoms with van der Waals surface area (Å²) in [7, 11) is 0. The number of aromatic nitrogens is 2. The Bertz CT molecular complexity index is 1070. The van der Waals surface area contributed by atoms with E-state index in [1.165, 1.54) is 6.20 Å². The lowest BCUT2D eigenvalue weighted by Gasteiger charge is -2.22. The fourth-order valence-electron chi connectivity index (χ4n) is 3.31. The normalized spacial score (nSPS) is 14.0. The second-order valence-corrected chi connectivity index (χ2v) is 7.87. The average Bonchev–Trinajstić information content (AvgIpc) is 3.21. The maximum atomic E-state index is 14.2. The summed E-state index contributed by atoms with van der Waals surface area (Å²) in [6.45, 7) is 2.40. The van der Waals surface area contributed by atoms with Crippen molar-refractivity contribution in [3.63, 3.8) is 0 Å². The van der Waals surface area contributed by atoms with Gasteiger partial charge in [0.1, 0.15) is 34.5 Å². The number of ether oxygens (including phenoxy) is 1. The summed E-state index contributed by atoms with van der Waals surface area (Å²) < 4.78 is 52.3. The molecule has 1 fully saturated rings. The molecule has 2 aromatic heterocycles. The minimum atomic E-state index is -0.973. The number of nitrogens with zero attached hydrogens (tertiary/aromatic N) is 2. The molecule has 0 aliphatic carbocycles. The zero-order chi connectivity index (χ0) is 21.8. The Kier molecular flexibility index (Phi) is 8.05. The zero-order valence-corrected chi connectivity index (χ0v) is 18.4. The van der Waals surface area contributed by atoms with E-state index in [1.807, 2.05) is 0 Å². The quantitative estimate of drug-likeness (QED) is 0.531. The van der Waals surface area contributed by atoms with E-state index in [-0.39, 0.29) is 18.1 Å². The Morgan fingerprint density at radius 3 is 2.56 bits per heavy atom. The topological polar surface area (TPSA) is 76.1 Å². The predicted octanol–water partition coefficient (Wildman–Crippen LogP) is 4.67. The molecule has 0 saturated carbocycles. The van der Waals surface area contributed by atoms with E-state index in [4.69, 9.17) is 4.74 Å². The third-order valence-electron chi connectivity index (χ3n) is 4.97. The molecule has 6 nitrogen and oxygen atoms in total. The molecule has 1 amide bonds. The number of benzene rings is 1. The maximum absolute atomic E-state index is 14.2. The van der Waals surface area contributed by atoms with Crippen LogP contribution in [-0.2, 0) is 0 Å². The van der Waals surface area contributed by atoms with Crippen molar-refractivity contribution in [2.75, 3.05) is 25.0 Å². The minimum Gasteiger partial charge on any atom is -0.481 e. The highest BCUT2D eigenvalue weighted by atomic mass is 35.5. The Hall–Kier alpha value is -2.69. The number of nitrogens with one attached hydrogen (secondary N) is 2. The van der Waals surface area contributed by atoms with Crippen molar-refractivity contribution in [2.24, 2.45) is 5.92 Å². The molecular weight excluding hydrogens is 465 g/mol. The molecule has 2 N–H and O–H groups in total. The van der Waals surface area contributed by atoms with Gasteiger partial charge in [-0.05, 0) is 56.1 Å². The number of carbonyl (C=O) groups is 1. The van der Waals surface area contributed by atoms with Crippen LogP contribution in [-0.4, -0.2) is 35.0 Å². The van der Waals surface area contributed by atoms with Crippen molar-refractivity contribution in [3.05, 3.63) is 59.7 Å². The summed E-state index contributed by atoms with van der Waals surface area (Å²) in [6, 6.07) is 5.24. The largest absolute Gasteiger partial charge is 0.481 e. The van der Waals surface area contributed by atoms with Crippen LogP contribution < -0.4 is 15.4 Å². The molecule has 3 heterocycles. The number of hydrogen-bond donors (Lipinski definition) is 2. The van der Waals surface area contributed by atoms with E-state index in [1.54, 1.807) is 0 Å². The Labute approximate surface area is 192 Å². The first-order valence-electron chi connectivity index (χ1n) is 9.73. The van der Waals surface area contributed by atoms with Crippen LogP contribution in [0.4, 0.5) is 18.9 Å². The summed E-state index contributed by atoms with van der Waals surface area (Å²) >= 11 is 1.10. The van der Waals surface area contributed by atoms with Gasteiger partial charge in [-0.2, -0.15) is 4.37 Å². The van der Waals surface area contributed by atoms with Crippen molar-refractivity contribution < 1.29 is 22.7 Å².